The van der Waals surface area contributed by atoms with Gasteiger partial charge in [-0.1, -0.05) is 0 Å². The number of anilines is 1. The number of rotatable bonds is 3. The number of nitriles is 1. The van der Waals surface area contributed by atoms with Crippen molar-refractivity contribution in [1.82, 2.24) is 4.90 Å². The average molecular weight is 241 g/mol. The van der Waals surface area contributed by atoms with Crippen molar-refractivity contribution in [3.05, 3.63) is 29.8 Å². The van der Waals surface area contributed by atoms with E-state index in [1.807, 2.05) is 24.3 Å². The normalized spacial score (nSPS) is 21.5. The molecule has 18 heavy (non-hydrogen) atoms. The minimum atomic E-state index is 0.411. The Morgan fingerprint density at radius 1 is 1.17 bits per heavy atom. The first-order valence-electron chi connectivity index (χ1n) is 6.82. The van der Waals surface area contributed by atoms with Gasteiger partial charge >= 0.3 is 0 Å². The van der Waals surface area contributed by atoms with Crippen LogP contribution >= 0.6 is 0 Å². The SMILES string of the molecule is N#Cc1ccc(NCC23CCCN2CCC3)cc1. The van der Waals surface area contributed by atoms with Crippen molar-refractivity contribution in [2.75, 3.05) is 25.0 Å². The molecule has 1 aromatic carbocycles. The first-order valence-corrected chi connectivity index (χ1v) is 6.82. The van der Waals surface area contributed by atoms with Crippen LogP contribution in [-0.4, -0.2) is 30.1 Å². The van der Waals surface area contributed by atoms with Gasteiger partial charge in [-0.05, 0) is 63.0 Å². The standard InChI is InChI=1S/C15H19N3/c16-11-13-3-5-14(6-4-13)17-12-15-7-1-9-18(15)10-2-8-15/h3-6,17H,1-2,7-10,12H2. The van der Waals surface area contributed by atoms with Crippen LogP contribution in [0.25, 0.3) is 0 Å². The smallest absolute Gasteiger partial charge is 0.0991 e. The minimum Gasteiger partial charge on any atom is -0.383 e. The predicted molar refractivity (Wildman–Crippen MR) is 72.4 cm³/mol. The predicted octanol–water partition coefficient (Wildman–Crippen LogP) is 2.60. The van der Waals surface area contributed by atoms with Gasteiger partial charge in [-0.15, -0.1) is 0 Å². The third kappa shape index (κ3) is 1.97. The number of nitrogens with zero attached hydrogens (tertiary/aromatic N) is 2. The Hall–Kier alpha value is -1.53. The van der Waals surface area contributed by atoms with Crippen molar-refractivity contribution >= 4 is 5.69 Å². The van der Waals surface area contributed by atoms with E-state index in [9.17, 15) is 0 Å². The highest BCUT2D eigenvalue weighted by Crippen LogP contribution is 2.38. The fourth-order valence-corrected chi connectivity index (χ4v) is 3.44. The van der Waals surface area contributed by atoms with Crippen molar-refractivity contribution < 1.29 is 0 Å². The van der Waals surface area contributed by atoms with Crippen LogP contribution in [0.1, 0.15) is 31.2 Å². The molecule has 0 aliphatic carbocycles. The van der Waals surface area contributed by atoms with Gasteiger partial charge in [0.25, 0.3) is 0 Å². The molecule has 2 aliphatic heterocycles. The summed E-state index contributed by atoms with van der Waals surface area (Å²) in [5.41, 5.74) is 2.26. The zero-order valence-corrected chi connectivity index (χ0v) is 10.7. The van der Waals surface area contributed by atoms with Crippen LogP contribution in [-0.2, 0) is 0 Å². The van der Waals surface area contributed by atoms with Gasteiger partial charge in [0.2, 0.25) is 0 Å². The molecule has 0 atom stereocenters. The molecule has 2 saturated heterocycles. The van der Waals surface area contributed by atoms with E-state index in [1.165, 1.54) is 38.8 Å². The number of benzene rings is 1. The molecule has 0 saturated carbocycles. The van der Waals surface area contributed by atoms with Crippen molar-refractivity contribution in [2.24, 2.45) is 0 Å². The lowest BCUT2D eigenvalue weighted by atomic mass is 9.94. The zero-order valence-electron chi connectivity index (χ0n) is 10.7. The Morgan fingerprint density at radius 2 is 1.83 bits per heavy atom. The third-order valence-corrected chi connectivity index (χ3v) is 4.45. The molecule has 0 aromatic heterocycles. The van der Waals surface area contributed by atoms with Gasteiger partial charge in [-0.25, -0.2) is 0 Å². The average Bonchev–Trinajstić information content (AvgIpc) is 2.96. The third-order valence-electron chi connectivity index (χ3n) is 4.45. The Labute approximate surface area is 108 Å². The van der Waals surface area contributed by atoms with Crippen LogP contribution in [0.2, 0.25) is 0 Å². The molecule has 0 radical (unpaired) electrons. The molecule has 3 nitrogen and oxygen atoms in total. The second-order valence-corrected chi connectivity index (χ2v) is 5.46. The van der Waals surface area contributed by atoms with Gasteiger partial charge in [-0.3, -0.25) is 4.90 Å². The number of fused-ring (bicyclic) bond motifs is 1. The summed E-state index contributed by atoms with van der Waals surface area (Å²) in [5.74, 6) is 0. The highest BCUT2D eigenvalue weighted by molar-refractivity contribution is 5.47. The fraction of sp³-hybridized carbons (Fsp3) is 0.533. The van der Waals surface area contributed by atoms with Gasteiger partial charge < -0.3 is 5.32 Å². The maximum absolute atomic E-state index is 8.78. The second kappa shape index (κ2) is 4.62. The van der Waals surface area contributed by atoms with Crippen LogP contribution in [0.15, 0.2) is 24.3 Å². The van der Waals surface area contributed by atoms with Gasteiger partial charge in [0.1, 0.15) is 0 Å². The molecular formula is C15H19N3. The van der Waals surface area contributed by atoms with E-state index < -0.39 is 0 Å². The molecule has 3 rings (SSSR count). The Balaban J connectivity index is 1.65. The van der Waals surface area contributed by atoms with E-state index in [2.05, 4.69) is 16.3 Å². The summed E-state index contributed by atoms with van der Waals surface area (Å²) in [6.07, 6.45) is 5.34. The molecule has 1 N–H and O–H groups in total. The van der Waals surface area contributed by atoms with E-state index in [1.54, 1.807) is 0 Å². The summed E-state index contributed by atoms with van der Waals surface area (Å²) < 4.78 is 0. The topological polar surface area (TPSA) is 39.1 Å². The second-order valence-electron chi connectivity index (χ2n) is 5.46. The number of nitrogens with one attached hydrogen (secondary N) is 1. The van der Waals surface area contributed by atoms with E-state index in [-0.39, 0.29) is 0 Å². The minimum absolute atomic E-state index is 0.411. The fourth-order valence-electron chi connectivity index (χ4n) is 3.44. The summed E-state index contributed by atoms with van der Waals surface area (Å²) in [6, 6.07) is 9.91. The summed E-state index contributed by atoms with van der Waals surface area (Å²) in [6.45, 7) is 3.59. The van der Waals surface area contributed by atoms with E-state index >= 15 is 0 Å². The van der Waals surface area contributed by atoms with Crippen LogP contribution < -0.4 is 5.32 Å². The molecule has 0 spiro atoms. The molecule has 94 valence electrons. The molecule has 2 fully saturated rings. The van der Waals surface area contributed by atoms with Crippen molar-refractivity contribution in [3.63, 3.8) is 0 Å². The largest absolute Gasteiger partial charge is 0.383 e. The maximum Gasteiger partial charge on any atom is 0.0991 e. The molecule has 0 unspecified atom stereocenters. The highest BCUT2D eigenvalue weighted by atomic mass is 15.3. The lowest BCUT2D eigenvalue weighted by molar-refractivity contribution is 0.209. The summed E-state index contributed by atoms with van der Waals surface area (Å²) in [7, 11) is 0. The van der Waals surface area contributed by atoms with Crippen molar-refractivity contribution in [2.45, 2.75) is 31.2 Å². The van der Waals surface area contributed by atoms with Gasteiger partial charge in [0.15, 0.2) is 0 Å². The molecule has 2 aliphatic rings. The lowest BCUT2D eigenvalue weighted by Gasteiger charge is -2.32. The molecule has 3 heteroatoms. The summed E-state index contributed by atoms with van der Waals surface area (Å²) >= 11 is 0. The quantitative estimate of drug-likeness (QED) is 0.884. The summed E-state index contributed by atoms with van der Waals surface area (Å²) in [5, 5.41) is 12.3. The van der Waals surface area contributed by atoms with Crippen molar-refractivity contribution in [3.8, 4) is 6.07 Å². The molecular weight excluding hydrogens is 222 g/mol. The van der Waals surface area contributed by atoms with Crippen LogP contribution in [0, 0.1) is 11.3 Å². The van der Waals surface area contributed by atoms with Crippen LogP contribution in [0.4, 0.5) is 5.69 Å². The van der Waals surface area contributed by atoms with Gasteiger partial charge in [0.05, 0.1) is 11.6 Å². The number of hydrogen-bond acceptors (Lipinski definition) is 3. The van der Waals surface area contributed by atoms with E-state index in [0.29, 0.717) is 5.54 Å². The highest BCUT2D eigenvalue weighted by Gasteiger charge is 2.43. The molecule has 0 bridgehead atoms. The van der Waals surface area contributed by atoms with Gasteiger partial charge in [-0.2, -0.15) is 5.26 Å². The van der Waals surface area contributed by atoms with Gasteiger partial charge in [0, 0.05) is 17.8 Å². The monoisotopic (exact) mass is 241 g/mol. The van der Waals surface area contributed by atoms with Crippen LogP contribution in [0.3, 0.4) is 0 Å². The zero-order chi connectivity index (χ0) is 12.4. The Kier molecular flexibility index (Phi) is 2.97. The van der Waals surface area contributed by atoms with E-state index in [4.69, 9.17) is 5.26 Å². The maximum atomic E-state index is 8.78. The van der Waals surface area contributed by atoms with E-state index in [0.717, 1.165) is 17.8 Å². The lowest BCUT2D eigenvalue weighted by Crippen LogP contribution is -2.44. The summed E-state index contributed by atoms with van der Waals surface area (Å²) in [4.78, 5) is 2.66. The number of hydrogen-bond donors (Lipinski definition) is 1. The molecule has 0 amide bonds. The van der Waals surface area contributed by atoms with Crippen molar-refractivity contribution in [1.29, 1.82) is 5.26 Å². The Bertz CT molecular complexity index is 448. The Morgan fingerprint density at radius 3 is 2.44 bits per heavy atom. The molecule has 2 heterocycles. The first-order chi connectivity index (χ1) is 8.82. The first kappa shape index (κ1) is 11.6. The molecule has 1 aromatic rings. The van der Waals surface area contributed by atoms with Crippen LogP contribution in [0.5, 0.6) is 0 Å².